The van der Waals surface area contributed by atoms with Gasteiger partial charge in [-0.15, -0.1) is 0 Å². The van der Waals surface area contributed by atoms with Crippen molar-refractivity contribution in [1.82, 2.24) is 10.3 Å². The number of amides is 1. The van der Waals surface area contributed by atoms with Crippen LogP contribution in [-0.4, -0.2) is 35.6 Å². The molecule has 18 heavy (non-hydrogen) atoms. The van der Waals surface area contributed by atoms with E-state index in [0.29, 0.717) is 5.82 Å². The van der Waals surface area contributed by atoms with E-state index in [2.05, 4.69) is 10.3 Å². The van der Waals surface area contributed by atoms with E-state index in [1.807, 2.05) is 13.8 Å². The second kappa shape index (κ2) is 6.35. The third-order valence-electron chi connectivity index (χ3n) is 2.47. The first-order valence-electron chi connectivity index (χ1n) is 6.04. The molecular formula is C13H21N3O2. The average molecular weight is 251 g/mol. The minimum absolute atomic E-state index is 0.0447. The van der Waals surface area contributed by atoms with Gasteiger partial charge in [0.2, 0.25) is 5.91 Å². The van der Waals surface area contributed by atoms with Crippen molar-refractivity contribution < 1.29 is 9.90 Å². The van der Waals surface area contributed by atoms with E-state index >= 15 is 0 Å². The van der Waals surface area contributed by atoms with Crippen molar-refractivity contribution in [3.05, 3.63) is 23.9 Å². The van der Waals surface area contributed by atoms with Crippen molar-refractivity contribution in [3.8, 4) is 0 Å². The van der Waals surface area contributed by atoms with Gasteiger partial charge < -0.3 is 15.3 Å². The molecule has 0 spiro atoms. The molecule has 2 N–H and O–H groups in total. The van der Waals surface area contributed by atoms with Crippen LogP contribution in [0.25, 0.3) is 0 Å². The van der Waals surface area contributed by atoms with Gasteiger partial charge in [0, 0.05) is 19.3 Å². The Morgan fingerprint density at radius 2 is 2.17 bits per heavy atom. The van der Waals surface area contributed by atoms with Crippen molar-refractivity contribution in [3.63, 3.8) is 0 Å². The quantitative estimate of drug-likeness (QED) is 0.822. The number of likely N-dealkylation sites (N-methyl/N-ethyl adjacent to an activating group) is 1. The molecule has 0 saturated heterocycles. The Morgan fingerprint density at radius 3 is 2.72 bits per heavy atom. The second-order valence-corrected chi connectivity index (χ2v) is 4.70. The van der Waals surface area contributed by atoms with E-state index in [1.54, 1.807) is 37.2 Å². The number of aliphatic hydroxyl groups is 1. The molecule has 0 saturated carbocycles. The molecule has 1 aromatic heterocycles. The van der Waals surface area contributed by atoms with Crippen molar-refractivity contribution >= 4 is 11.7 Å². The van der Waals surface area contributed by atoms with Gasteiger partial charge in [-0.3, -0.25) is 4.79 Å². The highest BCUT2D eigenvalue weighted by atomic mass is 16.3. The zero-order valence-corrected chi connectivity index (χ0v) is 11.3. The lowest BCUT2D eigenvalue weighted by molar-refractivity contribution is -0.120. The number of hydrogen-bond donors (Lipinski definition) is 2. The lowest BCUT2D eigenvalue weighted by Crippen LogP contribution is -2.38. The van der Waals surface area contributed by atoms with Crippen molar-refractivity contribution in [2.24, 2.45) is 0 Å². The van der Waals surface area contributed by atoms with Gasteiger partial charge in [-0.05, 0) is 38.5 Å². The van der Waals surface area contributed by atoms with Gasteiger partial charge in [0.15, 0.2) is 0 Å². The molecule has 0 fully saturated rings. The van der Waals surface area contributed by atoms with E-state index < -0.39 is 6.10 Å². The number of nitrogens with zero attached hydrogens (tertiary/aromatic N) is 2. The Balaban J connectivity index is 2.69. The number of anilines is 1. The van der Waals surface area contributed by atoms with E-state index in [-0.39, 0.29) is 18.5 Å². The van der Waals surface area contributed by atoms with Crippen LogP contribution >= 0.6 is 0 Å². The smallest absolute Gasteiger partial charge is 0.239 e. The summed E-state index contributed by atoms with van der Waals surface area (Å²) in [6.45, 7) is 5.79. The first kappa shape index (κ1) is 14.4. The maximum absolute atomic E-state index is 11.6. The van der Waals surface area contributed by atoms with Gasteiger partial charge in [-0.25, -0.2) is 4.98 Å². The third-order valence-corrected chi connectivity index (χ3v) is 2.47. The van der Waals surface area contributed by atoms with Gasteiger partial charge in [0.05, 0.1) is 12.6 Å². The molecule has 1 rings (SSSR count). The molecule has 100 valence electrons. The van der Waals surface area contributed by atoms with E-state index in [9.17, 15) is 9.90 Å². The lowest BCUT2D eigenvalue weighted by Gasteiger charge is -2.19. The number of nitrogens with one attached hydrogen (secondary N) is 1. The highest BCUT2D eigenvalue weighted by Gasteiger charge is 2.10. The summed E-state index contributed by atoms with van der Waals surface area (Å²) in [7, 11) is 1.80. The molecular weight excluding hydrogens is 230 g/mol. The first-order chi connectivity index (χ1) is 8.40. The highest BCUT2D eigenvalue weighted by Crippen LogP contribution is 2.16. The van der Waals surface area contributed by atoms with Crippen LogP contribution in [0.15, 0.2) is 18.3 Å². The van der Waals surface area contributed by atoms with Crippen molar-refractivity contribution in [1.29, 1.82) is 0 Å². The fraction of sp³-hybridized carbons (Fsp3) is 0.538. The Morgan fingerprint density at radius 1 is 1.50 bits per heavy atom. The molecule has 0 aliphatic carbocycles. The number of pyridine rings is 1. The summed E-state index contributed by atoms with van der Waals surface area (Å²) in [4.78, 5) is 17.6. The first-order valence-corrected chi connectivity index (χ1v) is 6.04. The number of aromatic nitrogens is 1. The average Bonchev–Trinajstić information content (AvgIpc) is 2.27. The lowest BCUT2D eigenvalue weighted by atomic mass is 10.2. The van der Waals surface area contributed by atoms with Crippen LogP contribution in [0.1, 0.15) is 32.4 Å². The zero-order valence-electron chi connectivity index (χ0n) is 11.3. The van der Waals surface area contributed by atoms with Crippen LogP contribution in [0.5, 0.6) is 0 Å². The summed E-state index contributed by atoms with van der Waals surface area (Å²) in [5.74, 6) is 0.629. The van der Waals surface area contributed by atoms with Crippen LogP contribution in [0, 0.1) is 0 Å². The van der Waals surface area contributed by atoms with E-state index in [0.717, 1.165) is 5.56 Å². The number of hydrogen-bond acceptors (Lipinski definition) is 4. The normalized spacial score (nSPS) is 12.3. The number of rotatable bonds is 5. The molecule has 0 aliphatic rings. The zero-order chi connectivity index (χ0) is 13.7. The largest absolute Gasteiger partial charge is 0.389 e. The topological polar surface area (TPSA) is 65.5 Å². The van der Waals surface area contributed by atoms with Gasteiger partial charge in [0.25, 0.3) is 0 Å². The Labute approximate surface area is 108 Å². The molecule has 1 unspecified atom stereocenters. The molecule has 5 heteroatoms. The fourth-order valence-electron chi connectivity index (χ4n) is 1.57. The second-order valence-electron chi connectivity index (χ2n) is 4.70. The monoisotopic (exact) mass is 251 g/mol. The standard InChI is InChI=1S/C13H21N3O2/c1-9(2)15-13(18)8-16(4)12-7-11(10(3)17)5-6-14-12/h5-7,9-10,17H,8H2,1-4H3,(H,15,18). The molecule has 0 aromatic carbocycles. The predicted octanol–water partition coefficient (Wildman–Crippen LogP) is 1.10. The Bertz CT molecular complexity index is 405. The summed E-state index contributed by atoms with van der Waals surface area (Å²) in [5, 5.41) is 12.3. The maximum atomic E-state index is 11.6. The highest BCUT2D eigenvalue weighted by molar-refractivity contribution is 5.81. The van der Waals surface area contributed by atoms with Crippen LogP contribution in [0.3, 0.4) is 0 Å². The van der Waals surface area contributed by atoms with E-state index in [1.165, 1.54) is 0 Å². The molecule has 1 atom stereocenters. The summed E-state index contributed by atoms with van der Waals surface area (Å²) >= 11 is 0. The molecule has 1 aromatic rings. The van der Waals surface area contributed by atoms with Gasteiger partial charge in [-0.1, -0.05) is 0 Å². The SMILES string of the molecule is CC(C)NC(=O)CN(C)c1cc(C(C)O)ccn1. The molecule has 1 amide bonds. The van der Waals surface area contributed by atoms with Gasteiger partial charge >= 0.3 is 0 Å². The van der Waals surface area contributed by atoms with Crippen molar-refractivity contribution in [2.45, 2.75) is 32.9 Å². The van der Waals surface area contributed by atoms with Crippen molar-refractivity contribution in [2.75, 3.05) is 18.5 Å². The fourth-order valence-corrected chi connectivity index (χ4v) is 1.57. The van der Waals surface area contributed by atoms with E-state index in [4.69, 9.17) is 0 Å². The number of carbonyl (C=O) groups excluding carboxylic acids is 1. The number of carbonyl (C=O) groups is 1. The maximum Gasteiger partial charge on any atom is 0.239 e. The Hall–Kier alpha value is -1.62. The minimum Gasteiger partial charge on any atom is -0.389 e. The summed E-state index contributed by atoms with van der Waals surface area (Å²) < 4.78 is 0. The molecule has 1 heterocycles. The summed E-state index contributed by atoms with van der Waals surface area (Å²) in [5.41, 5.74) is 0.788. The summed E-state index contributed by atoms with van der Waals surface area (Å²) in [6, 6.07) is 3.67. The Kier molecular flexibility index (Phi) is 5.09. The summed E-state index contributed by atoms with van der Waals surface area (Å²) in [6.07, 6.45) is 1.10. The third kappa shape index (κ3) is 4.33. The van der Waals surface area contributed by atoms with Gasteiger partial charge in [0.1, 0.15) is 5.82 Å². The van der Waals surface area contributed by atoms with Crippen LogP contribution in [0.4, 0.5) is 5.82 Å². The molecule has 0 aliphatic heterocycles. The number of aliphatic hydroxyl groups excluding tert-OH is 1. The van der Waals surface area contributed by atoms with Crippen LogP contribution in [-0.2, 0) is 4.79 Å². The molecule has 0 radical (unpaired) electrons. The van der Waals surface area contributed by atoms with Gasteiger partial charge in [-0.2, -0.15) is 0 Å². The molecule has 0 bridgehead atoms. The molecule has 5 nitrogen and oxygen atoms in total. The van der Waals surface area contributed by atoms with Crippen LogP contribution < -0.4 is 10.2 Å². The predicted molar refractivity (Wildman–Crippen MR) is 71.4 cm³/mol. The minimum atomic E-state index is -0.537. The van der Waals surface area contributed by atoms with Crippen LogP contribution in [0.2, 0.25) is 0 Å².